The average molecular weight is 368 g/mol. The third-order valence-electron chi connectivity index (χ3n) is 4.17. The molecule has 5 heteroatoms. The lowest BCUT2D eigenvalue weighted by atomic mass is 10.1. The Bertz CT molecular complexity index is 949. The molecule has 2 aromatic carbocycles. The first kappa shape index (κ1) is 19.5. The van der Waals surface area contributed by atoms with E-state index in [9.17, 15) is 4.79 Å². The Balaban J connectivity index is 0.00000243. The second kappa shape index (κ2) is 9.02. The summed E-state index contributed by atoms with van der Waals surface area (Å²) in [7, 11) is 0. The van der Waals surface area contributed by atoms with Crippen LogP contribution in [0, 0.1) is 6.92 Å². The topological polar surface area (TPSA) is 60.4 Å². The summed E-state index contributed by atoms with van der Waals surface area (Å²) in [5, 5.41) is 0. The fourth-order valence-electron chi connectivity index (χ4n) is 2.67. The number of rotatable bonds is 5. The standard InChI is InChI=1S/C21H21N3O.ClH/c1-16-8-5-6-11-18(16)15-24-13-7-12-19(21(24)25)20(22)23-14-17-9-3-2-4-10-17;/h2-13H,14-15H2,1H3,(H2,22,23);1H. The molecular formula is C21H22ClN3O. The van der Waals surface area contributed by atoms with Gasteiger partial charge in [-0.05, 0) is 35.7 Å². The maximum Gasteiger partial charge on any atom is 0.261 e. The van der Waals surface area contributed by atoms with E-state index in [2.05, 4.69) is 4.99 Å². The molecule has 0 saturated heterocycles. The molecule has 26 heavy (non-hydrogen) atoms. The fourth-order valence-corrected chi connectivity index (χ4v) is 2.67. The average Bonchev–Trinajstić information content (AvgIpc) is 2.64. The van der Waals surface area contributed by atoms with Gasteiger partial charge in [-0.1, -0.05) is 54.6 Å². The van der Waals surface area contributed by atoms with Crippen LogP contribution < -0.4 is 11.3 Å². The molecule has 0 saturated carbocycles. The van der Waals surface area contributed by atoms with Gasteiger partial charge in [0, 0.05) is 6.20 Å². The fraction of sp³-hybridized carbons (Fsp3) is 0.143. The number of halogens is 1. The summed E-state index contributed by atoms with van der Waals surface area (Å²) in [5.74, 6) is 0.271. The third-order valence-corrected chi connectivity index (χ3v) is 4.17. The molecule has 0 radical (unpaired) electrons. The Labute approximate surface area is 159 Å². The maximum atomic E-state index is 12.7. The lowest BCUT2D eigenvalue weighted by Gasteiger charge is -2.10. The van der Waals surface area contributed by atoms with Crippen LogP contribution in [0.4, 0.5) is 0 Å². The van der Waals surface area contributed by atoms with Crippen LogP contribution in [0.25, 0.3) is 0 Å². The number of aromatic nitrogens is 1. The van der Waals surface area contributed by atoms with Gasteiger partial charge in [-0.2, -0.15) is 0 Å². The Kier molecular flexibility index (Phi) is 6.75. The molecule has 134 valence electrons. The van der Waals surface area contributed by atoms with Gasteiger partial charge in [0.2, 0.25) is 0 Å². The molecule has 1 aromatic heterocycles. The molecule has 1 heterocycles. The van der Waals surface area contributed by atoms with Gasteiger partial charge >= 0.3 is 0 Å². The van der Waals surface area contributed by atoms with Crippen molar-refractivity contribution in [3.63, 3.8) is 0 Å². The number of pyridine rings is 1. The van der Waals surface area contributed by atoms with E-state index < -0.39 is 0 Å². The Morgan fingerprint density at radius 2 is 1.69 bits per heavy atom. The molecule has 2 N–H and O–H groups in total. The molecule has 0 aliphatic carbocycles. The molecule has 3 rings (SSSR count). The Morgan fingerprint density at radius 3 is 2.42 bits per heavy atom. The number of aryl methyl sites for hydroxylation is 1. The highest BCUT2D eigenvalue weighted by molar-refractivity contribution is 5.97. The molecule has 0 fully saturated rings. The van der Waals surface area contributed by atoms with Gasteiger partial charge in [-0.15, -0.1) is 12.4 Å². The first-order valence-electron chi connectivity index (χ1n) is 8.23. The van der Waals surface area contributed by atoms with Crippen molar-refractivity contribution in [2.24, 2.45) is 10.7 Å². The van der Waals surface area contributed by atoms with Crippen molar-refractivity contribution in [3.8, 4) is 0 Å². The molecule has 0 atom stereocenters. The van der Waals surface area contributed by atoms with Gasteiger partial charge in [-0.25, -0.2) is 0 Å². The molecule has 0 unspecified atom stereocenters. The Hall–Kier alpha value is -2.85. The van der Waals surface area contributed by atoms with Crippen molar-refractivity contribution in [2.75, 3.05) is 0 Å². The second-order valence-corrected chi connectivity index (χ2v) is 5.97. The molecule has 0 aliphatic rings. The van der Waals surface area contributed by atoms with Gasteiger partial charge in [0.15, 0.2) is 0 Å². The zero-order valence-corrected chi connectivity index (χ0v) is 15.4. The zero-order chi connectivity index (χ0) is 17.6. The molecule has 3 aromatic rings. The predicted molar refractivity (Wildman–Crippen MR) is 109 cm³/mol. The summed E-state index contributed by atoms with van der Waals surface area (Å²) < 4.78 is 1.67. The van der Waals surface area contributed by atoms with Gasteiger partial charge < -0.3 is 10.3 Å². The summed E-state index contributed by atoms with van der Waals surface area (Å²) in [5.41, 5.74) is 9.71. The van der Waals surface area contributed by atoms with Crippen LogP contribution in [0.2, 0.25) is 0 Å². The van der Waals surface area contributed by atoms with Crippen LogP contribution in [0.3, 0.4) is 0 Å². The molecule has 0 amide bonds. The largest absolute Gasteiger partial charge is 0.383 e. The SMILES string of the molecule is Cc1ccccc1Cn1cccc(C(N)=NCc2ccccc2)c1=O.Cl. The Morgan fingerprint density at radius 1 is 1.00 bits per heavy atom. The van der Waals surface area contributed by atoms with Crippen LogP contribution in [-0.2, 0) is 13.1 Å². The van der Waals surface area contributed by atoms with Crippen molar-refractivity contribution in [2.45, 2.75) is 20.0 Å². The van der Waals surface area contributed by atoms with Crippen molar-refractivity contribution in [1.82, 2.24) is 4.57 Å². The van der Waals surface area contributed by atoms with E-state index in [1.807, 2.05) is 67.6 Å². The van der Waals surface area contributed by atoms with Gasteiger partial charge in [0.25, 0.3) is 5.56 Å². The maximum absolute atomic E-state index is 12.7. The van der Waals surface area contributed by atoms with Crippen LogP contribution in [0.5, 0.6) is 0 Å². The van der Waals surface area contributed by atoms with E-state index in [4.69, 9.17) is 5.73 Å². The molecular weight excluding hydrogens is 346 g/mol. The van der Waals surface area contributed by atoms with E-state index in [0.29, 0.717) is 18.7 Å². The van der Waals surface area contributed by atoms with Crippen LogP contribution >= 0.6 is 12.4 Å². The third kappa shape index (κ3) is 4.61. The minimum Gasteiger partial charge on any atom is -0.383 e. The molecule has 0 aliphatic heterocycles. The smallest absolute Gasteiger partial charge is 0.261 e. The summed E-state index contributed by atoms with van der Waals surface area (Å²) in [6.07, 6.45) is 1.78. The summed E-state index contributed by atoms with van der Waals surface area (Å²) in [6.45, 7) is 3.02. The lowest BCUT2D eigenvalue weighted by molar-refractivity contribution is 0.753. The predicted octanol–water partition coefficient (Wildman–Crippen LogP) is 3.53. The van der Waals surface area contributed by atoms with Crippen molar-refractivity contribution < 1.29 is 0 Å². The first-order chi connectivity index (χ1) is 12.1. The lowest BCUT2D eigenvalue weighted by Crippen LogP contribution is -2.30. The normalized spacial score (nSPS) is 11.0. The zero-order valence-electron chi connectivity index (χ0n) is 14.6. The second-order valence-electron chi connectivity index (χ2n) is 5.97. The first-order valence-corrected chi connectivity index (χ1v) is 8.23. The van der Waals surface area contributed by atoms with E-state index in [0.717, 1.165) is 16.7 Å². The number of aliphatic imine (C=N–C) groups is 1. The highest BCUT2D eigenvalue weighted by Crippen LogP contribution is 2.08. The number of amidine groups is 1. The van der Waals surface area contributed by atoms with Crippen LogP contribution in [-0.4, -0.2) is 10.4 Å². The number of benzene rings is 2. The molecule has 0 spiro atoms. The van der Waals surface area contributed by atoms with E-state index in [1.54, 1.807) is 16.8 Å². The van der Waals surface area contributed by atoms with E-state index >= 15 is 0 Å². The van der Waals surface area contributed by atoms with Crippen molar-refractivity contribution >= 4 is 18.2 Å². The quantitative estimate of drug-likeness (QED) is 0.554. The molecule has 4 nitrogen and oxygen atoms in total. The summed E-state index contributed by atoms with van der Waals surface area (Å²) in [4.78, 5) is 17.1. The summed E-state index contributed by atoms with van der Waals surface area (Å²) >= 11 is 0. The van der Waals surface area contributed by atoms with E-state index in [1.165, 1.54) is 0 Å². The number of hydrogen-bond donors (Lipinski definition) is 1. The van der Waals surface area contributed by atoms with Gasteiger partial charge in [0.05, 0.1) is 18.7 Å². The van der Waals surface area contributed by atoms with Gasteiger partial charge in [0.1, 0.15) is 5.84 Å². The van der Waals surface area contributed by atoms with Crippen LogP contribution in [0.15, 0.2) is 82.7 Å². The number of nitrogens with zero attached hydrogens (tertiary/aromatic N) is 2. The monoisotopic (exact) mass is 367 g/mol. The van der Waals surface area contributed by atoms with E-state index in [-0.39, 0.29) is 23.8 Å². The number of hydrogen-bond acceptors (Lipinski definition) is 2. The highest BCUT2D eigenvalue weighted by atomic mass is 35.5. The summed E-state index contributed by atoms with van der Waals surface area (Å²) in [6, 6.07) is 21.4. The highest BCUT2D eigenvalue weighted by Gasteiger charge is 2.08. The number of nitrogens with two attached hydrogens (primary N) is 1. The molecule has 0 bridgehead atoms. The van der Waals surface area contributed by atoms with Gasteiger partial charge in [-0.3, -0.25) is 9.79 Å². The minimum atomic E-state index is -0.125. The van der Waals surface area contributed by atoms with Crippen molar-refractivity contribution in [1.29, 1.82) is 0 Å². The van der Waals surface area contributed by atoms with Crippen LogP contribution in [0.1, 0.15) is 22.3 Å². The van der Waals surface area contributed by atoms with Crippen molar-refractivity contribution in [3.05, 3.63) is 106 Å². The minimum absolute atomic E-state index is 0.